The van der Waals surface area contributed by atoms with E-state index in [0.717, 1.165) is 6.26 Å². The highest BCUT2D eigenvalue weighted by atomic mass is 32.2. The quantitative estimate of drug-likeness (QED) is 0.750. The van der Waals surface area contributed by atoms with E-state index >= 15 is 0 Å². The lowest BCUT2D eigenvalue weighted by molar-refractivity contribution is 0.00554. The van der Waals surface area contributed by atoms with Crippen molar-refractivity contribution >= 4 is 10.1 Å². The van der Waals surface area contributed by atoms with E-state index in [1.165, 1.54) is 6.92 Å². The summed E-state index contributed by atoms with van der Waals surface area (Å²) in [5.74, 6) is 0. The Morgan fingerprint density at radius 3 is 2.50 bits per heavy atom. The van der Waals surface area contributed by atoms with E-state index < -0.39 is 15.7 Å². The molecule has 0 aliphatic rings. The van der Waals surface area contributed by atoms with Crippen molar-refractivity contribution in [3.05, 3.63) is 23.5 Å². The molecule has 0 saturated heterocycles. The van der Waals surface area contributed by atoms with Crippen LogP contribution in [0.5, 0.6) is 0 Å². The number of rotatable bonds is 4. The van der Waals surface area contributed by atoms with Crippen LogP contribution in [0.25, 0.3) is 0 Å². The molecular weight excluding hydrogens is 232 g/mol. The lowest BCUT2D eigenvalue weighted by Gasteiger charge is -2.20. The summed E-state index contributed by atoms with van der Waals surface area (Å²) in [7, 11) is -3.58. The van der Waals surface area contributed by atoms with Crippen LogP contribution in [0.3, 0.4) is 0 Å². The molecule has 1 aromatic rings. The Morgan fingerprint density at radius 1 is 1.44 bits per heavy atom. The molecule has 1 aromatic heterocycles. The molecule has 0 bridgehead atoms. The molecule has 1 rings (SSSR count). The van der Waals surface area contributed by atoms with Gasteiger partial charge in [-0.3, -0.25) is 4.18 Å². The summed E-state index contributed by atoms with van der Waals surface area (Å²) in [4.78, 5) is 0. The summed E-state index contributed by atoms with van der Waals surface area (Å²) in [6, 6.07) is 3.26. The van der Waals surface area contributed by atoms with Crippen LogP contribution in [0.2, 0.25) is 0 Å². The van der Waals surface area contributed by atoms with Gasteiger partial charge in [-0.1, -0.05) is 0 Å². The highest BCUT2D eigenvalue weighted by Gasteiger charge is 2.27. The van der Waals surface area contributed by atoms with Crippen LogP contribution in [-0.2, 0) is 19.9 Å². The first-order valence-corrected chi connectivity index (χ1v) is 6.40. The second kappa shape index (κ2) is 4.44. The Bertz CT molecular complexity index is 453. The highest BCUT2D eigenvalue weighted by molar-refractivity contribution is 7.85. The maximum Gasteiger partial charge on any atom is 0.264 e. The lowest BCUT2D eigenvalue weighted by atomic mass is 10.0. The van der Waals surface area contributed by atoms with Crippen molar-refractivity contribution in [3.8, 4) is 0 Å². The van der Waals surface area contributed by atoms with Crippen molar-refractivity contribution in [2.24, 2.45) is 0 Å². The van der Waals surface area contributed by atoms with Gasteiger partial charge in [-0.05, 0) is 26.0 Å². The van der Waals surface area contributed by atoms with Gasteiger partial charge in [-0.25, -0.2) is 0 Å². The monoisotopic (exact) mass is 246 g/mol. The molecule has 0 aliphatic carbocycles. The molecule has 1 heterocycles. The molecule has 16 heavy (non-hydrogen) atoms. The van der Waals surface area contributed by atoms with Crippen LogP contribution < -0.4 is 0 Å². The zero-order chi connectivity index (χ0) is 12.4. The number of aromatic nitrogens is 2. The predicted octanol–water partition coefficient (Wildman–Crippen LogP) is -0.0313. The average Bonchev–Trinajstić information content (AvgIpc) is 2.15. The first-order chi connectivity index (χ1) is 7.21. The van der Waals surface area contributed by atoms with Crippen LogP contribution in [0.1, 0.15) is 18.3 Å². The van der Waals surface area contributed by atoms with Crippen molar-refractivity contribution in [3.63, 3.8) is 0 Å². The third-order valence-corrected chi connectivity index (χ3v) is 2.45. The Labute approximate surface area is 94.4 Å². The molecule has 0 aliphatic heterocycles. The fourth-order valence-corrected chi connectivity index (χ4v) is 1.43. The third kappa shape index (κ3) is 3.84. The standard InChI is InChI=1S/C9H14N2O4S/c1-7-4-5-8(11-10-7)9(2,12)6-15-16(3,13)14/h4-5,12H,6H2,1-3H3/t9-/m1/s1. The van der Waals surface area contributed by atoms with Crippen LogP contribution in [0.4, 0.5) is 0 Å². The SMILES string of the molecule is Cc1ccc([C@](C)(O)COS(C)(=O)=O)nn1. The van der Waals surface area contributed by atoms with Crippen molar-refractivity contribution in [2.75, 3.05) is 12.9 Å². The van der Waals surface area contributed by atoms with Gasteiger partial charge in [0.2, 0.25) is 0 Å². The molecule has 0 fully saturated rings. The summed E-state index contributed by atoms with van der Waals surface area (Å²) in [5, 5.41) is 17.5. The molecular formula is C9H14N2O4S. The number of nitrogens with zero attached hydrogens (tertiary/aromatic N) is 2. The first-order valence-electron chi connectivity index (χ1n) is 4.58. The molecule has 0 spiro atoms. The maximum absolute atomic E-state index is 10.8. The molecule has 0 saturated carbocycles. The number of hydrogen-bond donors (Lipinski definition) is 1. The first kappa shape index (κ1) is 13.0. The van der Waals surface area contributed by atoms with Crippen molar-refractivity contribution in [2.45, 2.75) is 19.4 Å². The zero-order valence-electron chi connectivity index (χ0n) is 9.34. The second-order valence-corrected chi connectivity index (χ2v) is 5.44. The second-order valence-electron chi connectivity index (χ2n) is 3.80. The highest BCUT2D eigenvalue weighted by Crippen LogP contribution is 2.18. The van der Waals surface area contributed by atoms with Gasteiger partial charge in [0.25, 0.3) is 10.1 Å². The van der Waals surface area contributed by atoms with Gasteiger partial charge >= 0.3 is 0 Å². The number of hydrogen-bond acceptors (Lipinski definition) is 6. The summed E-state index contributed by atoms with van der Waals surface area (Å²) < 4.78 is 26.1. The predicted molar refractivity (Wildman–Crippen MR) is 57.1 cm³/mol. The van der Waals surface area contributed by atoms with Gasteiger partial charge in [-0.2, -0.15) is 18.6 Å². The molecule has 1 atom stereocenters. The summed E-state index contributed by atoms with van der Waals surface area (Å²) >= 11 is 0. The number of aryl methyl sites for hydroxylation is 1. The minimum atomic E-state index is -3.58. The van der Waals surface area contributed by atoms with Crippen molar-refractivity contribution in [1.82, 2.24) is 10.2 Å². The molecule has 6 nitrogen and oxygen atoms in total. The normalized spacial score (nSPS) is 15.8. The Hall–Kier alpha value is -1.05. The minimum Gasteiger partial charge on any atom is -0.381 e. The zero-order valence-corrected chi connectivity index (χ0v) is 10.2. The van der Waals surface area contributed by atoms with E-state index in [-0.39, 0.29) is 12.3 Å². The van der Waals surface area contributed by atoms with Gasteiger partial charge in [0.15, 0.2) is 0 Å². The summed E-state index contributed by atoms with van der Waals surface area (Å²) in [6.07, 6.45) is 0.921. The van der Waals surface area contributed by atoms with E-state index in [4.69, 9.17) is 0 Å². The molecule has 0 unspecified atom stereocenters. The van der Waals surface area contributed by atoms with Crippen molar-refractivity contribution < 1.29 is 17.7 Å². The summed E-state index contributed by atoms with van der Waals surface area (Å²) in [5.41, 5.74) is -0.505. The Morgan fingerprint density at radius 2 is 2.06 bits per heavy atom. The lowest BCUT2D eigenvalue weighted by Crippen LogP contribution is -2.30. The van der Waals surface area contributed by atoms with Crippen LogP contribution in [-0.4, -0.2) is 36.6 Å². The fourth-order valence-electron chi connectivity index (χ4n) is 0.982. The molecule has 1 N–H and O–H groups in total. The van der Waals surface area contributed by atoms with Crippen LogP contribution in [0.15, 0.2) is 12.1 Å². The summed E-state index contributed by atoms with van der Waals surface area (Å²) in [6.45, 7) is 2.79. The molecule has 0 radical (unpaired) electrons. The van der Waals surface area contributed by atoms with Gasteiger partial charge in [0.1, 0.15) is 12.2 Å². The number of aliphatic hydroxyl groups is 1. The Kier molecular flexibility index (Phi) is 3.61. The van der Waals surface area contributed by atoms with Crippen LogP contribution >= 0.6 is 0 Å². The largest absolute Gasteiger partial charge is 0.381 e. The molecule has 0 aromatic carbocycles. The maximum atomic E-state index is 10.8. The van der Waals surface area contributed by atoms with E-state index in [1.807, 2.05) is 0 Å². The van der Waals surface area contributed by atoms with Crippen molar-refractivity contribution in [1.29, 1.82) is 0 Å². The Balaban J connectivity index is 2.81. The van der Waals surface area contributed by atoms with E-state index in [9.17, 15) is 13.5 Å². The van der Waals surface area contributed by atoms with Gasteiger partial charge in [-0.15, -0.1) is 0 Å². The molecule has 90 valence electrons. The molecule has 7 heteroatoms. The topological polar surface area (TPSA) is 89.4 Å². The smallest absolute Gasteiger partial charge is 0.264 e. The third-order valence-electron chi connectivity index (χ3n) is 1.90. The van der Waals surface area contributed by atoms with Gasteiger partial charge in [0, 0.05) is 0 Å². The minimum absolute atomic E-state index is 0.266. The van der Waals surface area contributed by atoms with Gasteiger partial charge in [0.05, 0.1) is 17.6 Å². The van der Waals surface area contributed by atoms with E-state index in [1.54, 1.807) is 19.1 Å². The van der Waals surface area contributed by atoms with Gasteiger partial charge < -0.3 is 5.11 Å². The van der Waals surface area contributed by atoms with Crippen LogP contribution in [0, 0.1) is 6.92 Å². The van der Waals surface area contributed by atoms with E-state index in [2.05, 4.69) is 14.4 Å². The molecule has 0 amide bonds. The fraction of sp³-hybridized carbons (Fsp3) is 0.556. The van der Waals surface area contributed by atoms with E-state index in [0.29, 0.717) is 5.69 Å². The average molecular weight is 246 g/mol.